The molecule has 1 fully saturated rings. The number of rotatable bonds is 4. The number of carbonyl (C=O) groups excluding carboxylic acids is 1. The molecule has 0 bridgehead atoms. The fourth-order valence-electron chi connectivity index (χ4n) is 3.01. The van der Waals surface area contributed by atoms with Gasteiger partial charge in [-0.3, -0.25) is 4.40 Å². The fraction of sp³-hybridized carbons (Fsp3) is 0.316. The molecule has 1 aliphatic rings. The molecule has 0 spiro atoms. The number of likely N-dealkylation sites (tertiary alicyclic amines) is 1. The minimum absolute atomic E-state index is 0.0741. The zero-order chi connectivity index (χ0) is 19.8. The second-order valence-corrected chi connectivity index (χ2v) is 7.10. The van der Waals surface area contributed by atoms with Crippen molar-refractivity contribution in [2.45, 2.75) is 26.1 Å². The number of urea groups is 1. The molecule has 2 aromatic heterocycles. The van der Waals surface area contributed by atoms with Crippen LogP contribution in [0.1, 0.15) is 13.8 Å². The van der Waals surface area contributed by atoms with Crippen LogP contribution in [0.25, 0.3) is 17.0 Å². The van der Waals surface area contributed by atoms with Crippen LogP contribution in [-0.4, -0.2) is 50.6 Å². The summed E-state index contributed by atoms with van der Waals surface area (Å²) in [5, 5.41) is 5.91. The summed E-state index contributed by atoms with van der Waals surface area (Å²) in [6, 6.07) is 4.07. The number of amides is 2. The summed E-state index contributed by atoms with van der Waals surface area (Å²) in [5.41, 5.74) is 1.88. The maximum atomic E-state index is 14.4. The van der Waals surface area contributed by atoms with Gasteiger partial charge in [0.1, 0.15) is 12.0 Å². The Bertz CT molecular complexity index is 1030. The first-order chi connectivity index (χ1) is 13.4. The molecule has 3 heterocycles. The van der Waals surface area contributed by atoms with Gasteiger partial charge in [-0.15, -0.1) is 0 Å². The van der Waals surface area contributed by atoms with Crippen LogP contribution in [0.5, 0.6) is 0 Å². The van der Waals surface area contributed by atoms with E-state index in [1.807, 2.05) is 20.0 Å². The van der Waals surface area contributed by atoms with Gasteiger partial charge >= 0.3 is 6.03 Å². The lowest BCUT2D eigenvalue weighted by atomic mass is 10.1. The number of nitrogens with zero attached hydrogens (tertiary/aromatic N) is 4. The maximum Gasteiger partial charge on any atom is 0.322 e. The number of benzene rings is 1. The molecular weight excluding hydrogens is 366 g/mol. The monoisotopic (exact) mass is 386 g/mol. The highest BCUT2D eigenvalue weighted by Crippen LogP contribution is 2.26. The Labute approximate surface area is 160 Å². The molecule has 9 heteroatoms. The number of aromatic nitrogens is 3. The highest BCUT2D eigenvalue weighted by atomic mass is 19.1. The summed E-state index contributed by atoms with van der Waals surface area (Å²) in [6.45, 7) is 4.19. The maximum absolute atomic E-state index is 14.4. The molecule has 1 aromatic carbocycles. The van der Waals surface area contributed by atoms with Gasteiger partial charge in [-0.1, -0.05) is 0 Å². The average molecular weight is 386 g/mol. The van der Waals surface area contributed by atoms with Gasteiger partial charge in [0, 0.05) is 29.7 Å². The molecule has 146 valence electrons. The molecule has 3 aromatic rings. The van der Waals surface area contributed by atoms with Gasteiger partial charge in [-0.25, -0.2) is 23.5 Å². The minimum atomic E-state index is -0.977. The Morgan fingerprint density at radius 2 is 2.04 bits per heavy atom. The molecule has 7 nitrogen and oxygen atoms in total. The number of fused-ring (bicyclic) bond motifs is 1. The normalized spacial score (nSPS) is 14.4. The molecule has 0 saturated carbocycles. The second kappa shape index (κ2) is 7.06. The molecule has 1 aliphatic heterocycles. The number of imidazole rings is 1. The van der Waals surface area contributed by atoms with Crippen LogP contribution in [0.4, 0.5) is 25.0 Å². The average Bonchev–Trinajstić information content (AvgIpc) is 3.03. The van der Waals surface area contributed by atoms with Gasteiger partial charge in [0.2, 0.25) is 5.78 Å². The number of hydrogen-bond donors (Lipinski definition) is 2. The molecule has 28 heavy (non-hydrogen) atoms. The van der Waals surface area contributed by atoms with Gasteiger partial charge in [-0.05, 0) is 32.0 Å². The van der Waals surface area contributed by atoms with Gasteiger partial charge in [0.15, 0.2) is 0 Å². The van der Waals surface area contributed by atoms with E-state index in [2.05, 4.69) is 20.6 Å². The van der Waals surface area contributed by atoms with Crippen LogP contribution in [-0.2, 0) is 0 Å². The highest BCUT2D eigenvalue weighted by molar-refractivity contribution is 5.90. The van der Waals surface area contributed by atoms with Crippen molar-refractivity contribution < 1.29 is 13.6 Å². The topological polar surface area (TPSA) is 74.6 Å². The van der Waals surface area contributed by atoms with Crippen molar-refractivity contribution in [3.63, 3.8) is 0 Å². The van der Waals surface area contributed by atoms with E-state index in [-0.39, 0.29) is 24.7 Å². The lowest BCUT2D eigenvalue weighted by molar-refractivity contribution is 0.0974. The largest absolute Gasteiger partial charge is 0.380 e. The lowest BCUT2D eigenvalue weighted by Gasteiger charge is -2.34. The summed E-state index contributed by atoms with van der Waals surface area (Å²) in [6.07, 6.45) is 4.21. The number of hydrogen-bond acceptors (Lipinski definition) is 4. The number of anilines is 2. The number of alkyl halides is 1. The molecule has 2 N–H and O–H groups in total. The van der Waals surface area contributed by atoms with E-state index in [4.69, 9.17) is 0 Å². The first-order valence-electron chi connectivity index (χ1n) is 9.00. The van der Waals surface area contributed by atoms with E-state index in [0.29, 0.717) is 17.2 Å². The Morgan fingerprint density at radius 3 is 2.75 bits per heavy atom. The van der Waals surface area contributed by atoms with Crippen LogP contribution in [0.3, 0.4) is 0 Å². The van der Waals surface area contributed by atoms with E-state index in [1.54, 1.807) is 16.8 Å². The van der Waals surface area contributed by atoms with E-state index >= 15 is 0 Å². The van der Waals surface area contributed by atoms with Gasteiger partial charge in [-0.2, -0.15) is 0 Å². The summed E-state index contributed by atoms with van der Waals surface area (Å²) >= 11 is 0. The lowest BCUT2D eigenvalue weighted by Crippen LogP contribution is -2.53. The molecule has 0 unspecified atom stereocenters. The van der Waals surface area contributed by atoms with E-state index in [0.717, 1.165) is 5.69 Å². The summed E-state index contributed by atoms with van der Waals surface area (Å²) in [4.78, 5) is 22.1. The van der Waals surface area contributed by atoms with E-state index < -0.39 is 18.0 Å². The summed E-state index contributed by atoms with van der Waals surface area (Å²) in [7, 11) is 0. The fourth-order valence-corrected chi connectivity index (χ4v) is 3.01. The van der Waals surface area contributed by atoms with Crippen LogP contribution >= 0.6 is 0 Å². The third-order valence-electron chi connectivity index (χ3n) is 4.38. The Hall–Kier alpha value is -3.23. The minimum Gasteiger partial charge on any atom is -0.380 e. The first kappa shape index (κ1) is 18.1. The van der Waals surface area contributed by atoms with Crippen molar-refractivity contribution >= 4 is 23.2 Å². The molecule has 2 amide bonds. The number of nitrogens with one attached hydrogen (secondary N) is 2. The standard InChI is InChI=1S/C19H20F2N6O/c1-11(2)23-14-6-22-18-25-17(10-26(18)9-14)15-5-13(3-4-16(15)21)24-19(28)27-7-12(20)8-27/h3-6,9-12,23H,7-8H2,1-2H3,(H,24,28). The summed E-state index contributed by atoms with van der Waals surface area (Å²) < 4.78 is 29.0. The van der Waals surface area contributed by atoms with E-state index in [9.17, 15) is 13.6 Å². The van der Waals surface area contributed by atoms with Crippen molar-refractivity contribution in [1.29, 1.82) is 0 Å². The molecule has 0 atom stereocenters. The van der Waals surface area contributed by atoms with Crippen molar-refractivity contribution in [2.24, 2.45) is 0 Å². The third-order valence-corrected chi connectivity index (χ3v) is 4.38. The highest BCUT2D eigenvalue weighted by Gasteiger charge is 2.30. The SMILES string of the molecule is CC(C)Nc1cnc2nc(-c3cc(NC(=O)N4CC(F)C4)ccc3F)cn2c1. The third kappa shape index (κ3) is 3.60. The van der Waals surface area contributed by atoms with Crippen molar-refractivity contribution in [2.75, 3.05) is 23.7 Å². The Morgan fingerprint density at radius 1 is 1.25 bits per heavy atom. The summed E-state index contributed by atoms with van der Waals surface area (Å²) in [5.74, 6) is -0.0255. The predicted octanol–water partition coefficient (Wildman–Crippen LogP) is 3.54. The predicted molar refractivity (Wildman–Crippen MR) is 103 cm³/mol. The number of carbonyl (C=O) groups is 1. The quantitative estimate of drug-likeness (QED) is 0.719. The van der Waals surface area contributed by atoms with Gasteiger partial charge in [0.25, 0.3) is 0 Å². The number of halogens is 2. The van der Waals surface area contributed by atoms with Crippen molar-refractivity contribution in [1.82, 2.24) is 19.3 Å². The van der Waals surface area contributed by atoms with Crippen molar-refractivity contribution in [3.05, 3.63) is 42.6 Å². The van der Waals surface area contributed by atoms with E-state index in [1.165, 1.54) is 23.1 Å². The van der Waals surface area contributed by atoms with Crippen LogP contribution in [0.15, 0.2) is 36.8 Å². The van der Waals surface area contributed by atoms with Crippen LogP contribution in [0.2, 0.25) is 0 Å². The smallest absolute Gasteiger partial charge is 0.322 e. The van der Waals surface area contributed by atoms with Gasteiger partial charge in [0.05, 0.1) is 30.7 Å². The molecular formula is C19H20F2N6O. The molecule has 1 saturated heterocycles. The Kier molecular flexibility index (Phi) is 4.58. The van der Waals surface area contributed by atoms with Gasteiger partial charge < -0.3 is 15.5 Å². The first-order valence-corrected chi connectivity index (χ1v) is 9.00. The molecule has 0 aliphatic carbocycles. The van der Waals surface area contributed by atoms with Crippen LogP contribution in [0, 0.1) is 5.82 Å². The molecule has 4 rings (SSSR count). The Balaban J connectivity index is 1.60. The second-order valence-electron chi connectivity index (χ2n) is 7.10. The zero-order valence-corrected chi connectivity index (χ0v) is 15.5. The zero-order valence-electron chi connectivity index (χ0n) is 15.5. The van der Waals surface area contributed by atoms with Crippen LogP contribution < -0.4 is 10.6 Å². The molecule has 0 radical (unpaired) electrons. The van der Waals surface area contributed by atoms with Crippen molar-refractivity contribution in [3.8, 4) is 11.3 Å².